The van der Waals surface area contributed by atoms with Crippen molar-refractivity contribution >= 4 is 23.6 Å². The molecule has 4 rings (SSSR count). The average molecular weight is 771 g/mol. The van der Waals surface area contributed by atoms with E-state index in [-0.39, 0.29) is 48.8 Å². The predicted molar refractivity (Wildman–Crippen MR) is 216 cm³/mol. The highest BCUT2D eigenvalue weighted by Gasteiger charge is 2.51. The second-order valence-corrected chi connectivity index (χ2v) is 15.5. The minimum absolute atomic E-state index is 0.0142. The zero-order valence-electron chi connectivity index (χ0n) is 34.0. The third kappa shape index (κ3) is 13.7. The van der Waals surface area contributed by atoms with Crippen molar-refractivity contribution in [2.24, 2.45) is 11.8 Å². The lowest BCUT2D eigenvalue weighted by Crippen LogP contribution is -2.61. The number of ether oxygens (including phenoxy) is 4. The van der Waals surface area contributed by atoms with E-state index in [4.69, 9.17) is 18.9 Å². The van der Waals surface area contributed by atoms with E-state index >= 15 is 0 Å². The van der Waals surface area contributed by atoms with Gasteiger partial charge in [0.25, 0.3) is 0 Å². The third-order valence-corrected chi connectivity index (χ3v) is 10.9. The van der Waals surface area contributed by atoms with Gasteiger partial charge in [-0.2, -0.15) is 0 Å². The molecule has 10 heteroatoms. The van der Waals surface area contributed by atoms with E-state index in [1.165, 1.54) is 6.92 Å². The fourth-order valence-electron chi connectivity index (χ4n) is 7.24. The van der Waals surface area contributed by atoms with Crippen molar-refractivity contribution in [2.45, 2.75) is 142 Å². The SMILES string of the molecule is CC[C@H]1O[C@@](C)(CCCCC[C@H](NC(=O)OCc2ccccc2)C(=O)N[C@@H](C)C(=O)C[C@@H](C)C(C)=O)[C@H](OCc2ccccc2)[C@@H](OCc2ccccc2)[C@H]1C. The first-order valence-corrected chi connectivity index (χ1v) is 20.2. The lowest BCUT2D eigenvalue weighted by Gasteiger charge is -2.51. The molecule has 0 radical (unpaired) electrons. The maximum atomic E-state index is 13.5. The van der Waals surface area contributed by atoms with Gasteiger partial charge in [0.05, 0.1) is 37.1 Å². The van der Waals surface area contributed by atoms with Crippen molar-refractivity contribution in [3.63, 3.8) is 0 Å². The minimum Gasteiger partial charge on any atom is -0.445 e. The first-order chi connectivity index (χ1) is 26.9. The molecule has 0 bridgehead atoms. The Kier molecular flexibility index (Phi) is 17.7. The largest absolute Gasteiger partial charge is 0.445 e. The van der Waals surface area contributed by atoms with Crippen LogP contribution in [0.25, 0.3) is 0 Å². The Balaban J connectivity index is 1.42. The Morgan fingerprint density at radius 1 is 0.768 bits per heavy atom. The molecule has 1 saturated heterocycles. The van der Waals surface area contributed by atoms with Gasteiger partial charge >= 0.3 is 6.09 Å². The Labute approximate surface area is 333 Å². The van der Waals surface area contributed by atoms with E-state index in [0.717, 1.165) is 36.0 Å². The zero-order valence-corrected chi connectivity index (χ0v) is 34.0. The second kappa shape index (κ2) is 22.4. The average Bonchev–Trinajstić information content (AvgIpc) is 3.20. The van der Waals surface area contributed by atoms with E-state index in [0.29, 0.717) is 32.5 Å². The van der Waals surface area contributed by atoms with Crippen LogP contribution in [-0.4, -0.2) is 59.6 Å². The van der Waals surface area contributed by atoms with E-state index < -0.39 is 35.6 Å². The summed E-state index contributed by atoms with van der Waals surface area (Å²) < 4.78 is 25.8. The maximum Gasteiger partial charge on any atom is 0.408 e. The van der Waals surface area contributed by atoms with Crippen molar-refractivity contribution in [1.29, 1.82) is 0 Å². The lowest BCUT2D eigenvalue weighted by atomic mass is 9.78. The van der Waals surface area contributed by atoms with Crippen LogP contribution in [0.4, 0.5) is 4.79 Å². The molecular formula is C46H62N2O8. The van der Waals surface area contributed by atoms with Crippen LogP contribution in [-0.2, 0) is 53.2 Å². The summed E-state index contributed by atoms with van der Waals surface area (Å²) >= 11 is 0. The first-order valence-electron chi connectivity index (χ1n) is 20.2. The van der Waals surface area contributed by atoms with Gasteiger partial charge in [0.15, 0.2) is 5.78 Å². The van der Waals surface area contributed by atoms with E-state index in [1.54, 1.807) is 13.8 Å². The van der Waals surface area contributed by atoms with Gasteiger partial charge in [-0.15, -0.1) is 0 Å². The number of ketones is 2. The van der Waals surface area contributed by atoms with E-state index in [1.807, 2.05) is 66.7 Å². The maximum absolute atomic E-state index is 13.5. The Hall–Kier alpha value is -4.38. The van der Waals surface area contributed by atoms with Gasteiger partial charge in [-0.25, -0.2) is 4.79 Å². The summed E-state index contributed by atoms with van der Waals surface area (Å²) in [6.07, 6.45) is 2.77. The fourth-order valence-corrected chi connectivity index (χ4v) is 7.24. The van der Waals surface area contributed by atoms with Crippen molar-refractivity contribution in [1.82, 2.24) is 10.6 Å². The van der Waals surface area contributed by atoms with Crippen molar-refractivity contribution in [3.05, 3.63) is 108 Å². The van der Waals surface area contributed by atoms with Crippen molar-refractivity contribution < 1.29 is 38.1 Å². The number of carbonyl (C=O) groups is 4. The molecule has 0 unspecified atom stereocenters. The topological polar surface area (TPSA) is 129 Å². The fraction of sp³-hybridized carbons (Fsp3) is 0.522. The number of nitrogens with one attached hydrogen (secondary N) is 2. The molecule has 2 N–H and O–H groups in total. The van der Waals surface area contributed by atoms with Crippen LogP contribution in [0.5, 0.6) is 0 Å². The van der Waals surface area contributed by atoms with Crippen LogP contribution in [0.1, 0.15) is 103 Å². The monoisotopic (exact) mass is 770 g/mol. The molecule has 0 aromatic heterocycles. The molecule has 304 valence electrons. The smallest absolute Gasteiger partial charge is 0.408 e. The Bertz CT molecular complexity index is 1660. The molecule has 1 fully saturated rings. The summed E-state index contributed by atoms with van der Waals surface area (Å²) in [4.78, 5) is 51.0. The van der Waals surface area contributed by atoms with Crippen LogP contribution >= 0.6 is 0 Å². The summed E-state index contributed by atoms with van der Waals surface area (Å²) in [5.74, 6) is -1.16. The number of benzene rings is 3. The van der Waals surface area contributed by atoms with Crippen molar-refractivity contribution in [2.75, 3.05) is 0 Å². The molecule has 3 aromatic carbocycles. The predicted octanol–water partition coefficient (Wildman–Crippen LogP) is 8.30. The summed E-state index contributed by atoms with van der Waals surface area (Å²) in [6.45, 7) is 12.1. The van der Waals surface area contributed by atoms with Gasteiger partial charge in [0, 0.05) is 18.3 Å². The summed E-state index contributed by atoms with van der Waals surface area (Å²) in [5.41, 5.74) is 2.35. The van der Waals surface area contributed by atoms with Crippen LogP contribution in [0.3, 0.4) is 0 Å². The molecule has 0 spiro atoms. The van der Waals surface area contributed by atoms with Gasteiger partial charge in [-0.05, 0) is 56.7 Å². The quantitative estimate of drug-likeness (QED) is 0.0977. The zero-order chi connectivity index (χ0) is 40.5. The van der Waals surface area contributed by atoms with Crippen LogP contribution in [0, 0.1) is 11.8 Å². The number of rotatable bonds is 22. The highest BCUT2D eigenvalue weighted by molar-refractivity contribution is 5.93. The van der Waals surface area contributed by atoms with Crippen LogP contribution < -0.4 is 10.6 Å². The van der Waals surface area contributed by atoms with Gasteiger partial charge in [-0.1, -0.05) is 131 Å². The standard InChI is InChI=1S/C46H62N2O8/c1-7-41-33(3)42(53-29-36-20-12-8-13-21-36)43(54-30-37-22-14-9-15-23-37)46(6,56-41)27-19-11-18-26-39(48-45(52)55-31-38-24-16-10-17-25-38)44(51)47-34(4)40(50)28-32(2)35(5)49/h8-10,12-17,20-25,32-34,39,41-43H,7,11,18-19,26-31H2,1-6H3,(H,47,51)(H,48,52)/t32-,33+,34+,39+,41-,42+,43-,46+/m1/s1. The molecular weight excluding hydrogens is 709 g/mol. The summed E-state index contributed by atoms with van der Waals surface area (Å²) in [7, 11) is 0. The molecule has 0 aliphatic carbocycles. The number of unbranched alkanes of at least 4 members (excludes halogenated alkanes) is 2. The second-order valence-electron chi connectivity index (χ2n) is 15.5. The van der Waals surface area contributed by atoms with Gasteiger partial charge in [0.1, 0.15) is 24.5 Å². The Morgan fingerprint density at radius 3 is 1.88 bits per heavy atom. The molecule has 0 saturated carbocycles. The Morgan fingerprint density at radius 2 is 1.32 bits per heavy atom. The van der Waals surface area contributed by atoms with E-state index in [2.05, 4.69) is 55.7 Å². The number of amides is 2. The van der Waals surface area contributed by atoms with Gasteiger partial charge < -0.3 is 29.6 Å². The number of hydrogen-bond donors (Lipinski definition) is 2. The molecule has 2 amide bonds. The van der Waals surface area contributed by atoms with Crippen molar-refractivity contribution in [3.8, 4) is 0 Å². The lowest BCUT2D eigenvalue weighted by molar-refractivity contribution is -0.273. The van der Waals surface area contributed by atoms with E-state index in [9.17, 15) is 19.2 Å². The number of hydrogen-bond acceptors (Lipinski definition) is 8. The highest BCUT2D eigenvalue weighted by atomic mass is 16.6. The molecule has 8 atom stereocenters. The normalized spacial score (nSPS) is 22.3. The molecule has 1 heterocycles. The minimum atomic E-state index is -0.927. The molecule has 56 heavy (non-hydrogen) atoms. The van der Waals surface area contributed by atoms with Gasteiger partial charge in [0.2, 0.25) is 5.91 Å². The molecule has 3 aromatic rings. The molecule has 1 aliphatic rings. The first kappa shape index (κ1) is 44.3. The summed E-state index contributed by atoms with van der Waals surface area (Å²) in [5, 5.41) is 5.49. The molecule has 1 aliphatic heterocycles. The number of alkyl carbamates (subject to hydrolysis) is 1. The molecule has 10 nitrogen and oxygen atoms in total. The van der Waals surface area contributed by atoms with Gasteiger partial charge in [-0.3, -0.25) is 14.4 Å². The van der Waals surface area contributed by atoms with Crippen LogP contribution in [0.2, 0.25) is 0 Å². The third-order valence-electron chi connectivity index (χ3n) is 10.9. The number of Topliss-reactive ketones (excluding diaryl/α,β-unsaturated/α-hetero) is 2. The van der Waals surface area contributed by atoms with Crippen LogP contribution in [0.15, 0.2) is 91.0 Å². The highest BCUT2D eigenvalue weighted by Crippen LogP contribution is 2.41. The summed E-state index contributed by atoms with van der Waals surface area (Å²) in [6, 6.07) is 27.8. The number of carbonyl (C=O) groups excluding carboxylic acids is 4.